The Labute approximate surface area is 135 Å². The first-order valence-electron chi connectivity index (χ1n) is 7.04. The van der Waals surface area contributed by atoms with Crippen LogP contribution in [0.15, 0.2) is 36.4 Å². The molecule has 0 bridgehead atoms. The third kappa shape index (κ3) is 3.43. The van der Waals surface area contributed by atoms with Crippen molar-refractivity contribution in [2.45, 2.75) is 13.8 Å². The lowest BCUT2D eigenvalue weighted by Gasteiger charge is -2.24. The fraction of sp³-hybridized carbons (Fsp3) is 0.222. The summed E-state index contributed by atoms with van der Waals surface area (Å²) in [5.74, 6) is 1.04. The van der Waals surface area contributed by atoms with Gasteiger partial charge in [0, 0.05) is 25.1 Å². The largest absolute Gasteiger partial charge is 0.497 e. The molecule has 0 radical (unpaired) electrons. The van der Waals surface area contributed by atoms with Gasteiger partial charge in [0.25, 0.3) is 0 Å². The molecule has 0 saturated carbocycles. The second kappa shape index (κ2) is 6.84. The molecule has 0 fully saturated rings. The maximum absolute atomic E-state index is 12.2. The molecule has 2 aromatic rings. The topological polar surface area (TPSA) is 62.6 Å². The summed E-state index contributed by atoms with van der Waals surface area (Å²) in [4.78, 5) is 13.8. The molecule has 0 unspecified atom stereocenters. The number of nitriles is 1. The number of ether oxygens (including phenoxy) is 2. The highest BCUT2D eigenvalue weighted by Crippen LogP contribution is 2.34. The molecule has 0 aliphatic rings. The van der Waals surface area contributed by atoms with E-state index in [0.29, 0.717) is 28.4 Å². The predicted octanol–water partition coefficient (Wildman–Crippen LogP) is 3.57. The van der Waals surface area contributed by atoms with Crippen LogP contribution in [0.25, 0.3) is 0 Å². The lowest BCUT2D eigenvalue weighted by molar-refractivity contribution is -0.115. The summed E-state index contributed by atoms with van der Waals surface area (Å²) in [6.07, 6.45) is 0. The van der Waals surface area contributed by atoms with E-state index in [4.69, 9.17) is 14.7 Å². The minimum atomic E-state index is -0.145. The number of benzene rings is 2. The Morgan fingerprint density at radius 3 is 2.13 bits per heavy atom. The second-order valence-corrected chi connectivity index (χ2v) is 5.04. The van der Waals surface area contributed by atoms with Crippen LogP contribution in [0.4, 0.5) is 11.4 Å². The first-order chi connectivity index (χ1) is 11.0. The predicted molar refractivity (Wildman–Crippen MR) is 88.3 cm³/mol. The molecule has 0 N–H and O–H groups in total. The zero-order valence-corrected chi connectivity index (χ0v) is 13.6. The van der Waals surface area contributed by atoms with Gasteiger partial charge >= 0.3 is 0 Å². The van der Waals surface area contributed by atoms with E-state index in [1.54, 1.807) is 55.5 Å². The van der Waals surface area contributed by atoms with E-state index < -0.39 is 0 Å². The van der Waals surface area contributed by atoms with Crippen LogP contribution >= 0.6 is 0 Å². The van der Waals surface area contributed by atoms with Crippen molar-refractivity contribution in [3.63, 3.8) is 0 Å². The van der Waals surface area contributed by atoms with E-state index >= 15 is 0 Å². The van der Waals surface area contributed by atoms with Crippen LogP contribution in [-0.4, -0.2) is 20.1 Å². The molecule has 0 saturated heterocycles. The van der Waals surface area contributed by atoms with Gasteiger partial charge in [-0.15, -0.1) is 0 Å². The molecule has 5 heteroatoms. The standard InChI is InChI=1S/C18H18N2O3/c1-12-7-14(11-19)5-6-18(12)20(13(2)21)15-8-16(22-3)10-17(9-15)23-4/h5-10H,1-4H3. The highest BCUT2D eigenvalue weighted by molar-refractivity contribution is 6.00. The maximum Gasteiger partial charge on any atom is 0.228 e. The molecular weight excluding hydrogens is 292 g/mol. The Kier molecular flexibility index (Phi) is 4.87. The Bertz CT molecular complexity index is 756. The molecule has 5 nitrogen and oxygen atoms in total. The number of anilines is 2. The molecular formula is C18H18N2O3. The first kappa shape index (κ1) is 16.4. The number of carbonyl (C=O) groups is 1. The number of nitrogens with zero attached hydrogens (tertiary/aromatic N) is 2. The van der Waals surface area contributed by atoms with Gasteiger partial charge in [0.05, 0.1) is 37.2 Å². The van der Waals surface area contributed by atoms with Crippen molar-refractivity contribution in [2.75, 3.05) is 19.1 Å². The zero-order valence-electron chi connectivity index (χ0n) is 13.6. The molecule has 118 valence electrons. The van der Waals surface area contributed by atoms with Crippen molar-refractivity contribution >= 4 is 17.3 Å². The lowest BCUT2D eigenvalue weighted by atomic mass is 10.1. The van der Waals surface area contributed by atoms with Gasteiger partial charge in [-0.3, -0.25) is 9.69 Å². The van der Waals surface area contributed by atoms with Crippen LogP contribution in [0, 0.1) is 18.3 Å². The average Bonchev–Trinajstić information content (AvgIpc) is 2.55. The molecule has 0 heterocycles. The van der Waals surface area contributed by atoms with Crippen molar-refractivity contribution in [1.82, 2.24) is 0 Å². The Balaban J connectivity index is 2.60. The van der Waals surface area contributed by atoms with Crippen molar-refractivity contribution in [3.05, 3.63) is 47.5 Å². The third-order valence-electron chi connectivity index (χ3n) is 3.48. The SMILES string of the molecule is COc1cc(OC)cc(N(C(C)=O)c2ccc(C#N)cc2C)c1. The van der Waals surface area contributed by atoms with Gasteiger partial charge in [0.2, 0.25) is 5.91 Å². The molecule has 0 spiro atoms. The van der Waals surface area contributed by atoms with Crippen molar-refractivity contribution < 1.29 is 14.3 Å². The molecule has 0 aromatic heterocycles. The molecule has 1 amide bonds. The first-order valence-corrected chi connectivity index (χ1v) is 7.04. The second-order valence-electron chi connectivity index (χ2n) is 5.04. The minimum absolute atomic E-state index is 0.145. The maximum atomic E-state index is 12.2. The molecule has 2 aromatic carbocycles. The molecule has 0 aliphatic heterocycles. The van der Waals surface area contributed by atoms with Gasteiger partial charge in [-0.2, -0.15) is 5.26 Å². The van der Waals surface area contributed by atoms with Gasteiger partial charge in [0.1, 0.15) is 11.5 Å². The summed E-state index contributed by atoms with van der Waals surface area (Å²) in [5.41, 5.74) is 2.74. The van der Waals surface area contributed by atoms with E-state index in [9.17, 15) is 4.79 Å². The number of hydrogen-bond acceptors (Lipinski definition) is 4. The number of rotatable bonds is 4. The van der Waals surface area contributed by atoms with Gasteiger partial charge in [0.15, 0.2) is 0 Å². The summed E-state index contributed by atoms with van der Waals surface area (Å²) >= 11 is 0. The van der Waals surface area contributed by atoms with Crippen molar-refractivity contribution in [3.8, 4) is 17.6 Å². The van der Waals surface area contributed by atoms with Crippen LogP contribution in [0.5, 0.6) is 11.5 Å². The average molecular weight is 310 g/mol. The molecule has 0 atom stereocenters. The summed E-state index contributed by atoms with van der Waals surface area (Å²) in [6, 6.07) is 12.6. The smallest absolute Gasteiger partial charge is 0.228 e. The number of amides is 1. The van der Waals surface area contributed by atoms with Crippen LogP contribution in [0.1, 0.15) is 18.1 Å². The van der Waals surface area contributed by atoms with Gasteiger partial charge in [-0.1, -0.05) is 0 Å². The van der Waals surface area contributed by atoms with Crippen molar-refractivity contribution in [2.24, 2.45) is 0 Å². The summed E-state index contributed by atoms with van der Waals surface area (Å²) < 4.78 is 10.5. The molecule has 0 aliphatic carbocycles. The minimum Gasteiger partial charge on any atom is -0.497 e. The summed E-state index contributed by atoms with van der Waals surface area (Å²) in [5, 5.41) is 8.99. The lowest BCUT2D eigenvalue weighted by Crippen LogP contribution is -2.23. The van der Waals surface area contributed by atoms with Crippen LogP contribution in [0.3, 0.4) is 0 Å². The fourth-order valence-electron chi connectivity index (χ4n) is 2.39. The third-order valence-corrected chi connectivity index (χ3v) is 3.48. The van der Waals surface area contributed by atoms with E-state index in [-0.39, 0.29) is 5.91 Å². The Hall–Kier alpha value is -3.00. The summed E-state index contributed by atoms with van der Waals surface area (Å²) in [6.45, 7) is 3.35. The normalized spacial score (nSPS) is 9.87. The number of carbonyl (C=O) groups excluding carboxylic acids is 1. The van der Waals surface area contributed by atoms with Crippen LogP contribution in [0.2, 0.25) is 0 Å². The number of aryl methyl sites for hydroxylation is 1. The summed E-state index contributed by atoms with van der Waals surface area (Å²) in [7, 11) is 3.12. The number of hydrogen-bond donors (Lipinski definition) is 0. The molecule has 23 heavy (non-hydrogen) atoms. The molecule has 2 rings (SSSR count). The van der Waals surface area contributed by atoms with E-state index in [2.05, 4.69) is 6.07 Å². The Morgan fingerprint density at radius 1 is 1.09 bits per heavy atom. The monoisotopic (exact) mass is 310 g/mol. The Morgan fingerprint density at radius 2 is 1.70 bits per heavy atom. The van der Waals surface area contributed by atoms with Crippen LogP contribution < -0.4 is 14.4 Å². The van der Waals surface area contributed by atoms with Gasteiger partial charge in [-0.25, -0.2) is 0 Å². The highest BCUT2D eigenvalue weighted by atomic mass is 16.5. The quantitative estimate of drug-likeness (QED) is 0.866. The highest BCUT2D eigenvalue weighted by Gasteiger charge is 2.18. The number of methoxy groups -OCH3 is 2. The van der Waals surface area contributed by atoms with Gasteiger partial charge < -0.3 is 9.47 Å². The van der Waals surface area contributed by atoms with E-state index in [0.717, 1.165) is 5.56 Å². The van der Waals surface area contributed by atoms with Crippen molar-refractivity contribution in [1.29, 1.82) is 5.26 Å². The van der Waals surface area contributed by atoms with E-state index in [1.807, 2.05) is 6.92 Å². The zero-order chi connectivity index (χ0) is 17.0. The van der Waals surface area contributed by atoms with E-state index in [1.165, 1.54) is 6.92 Å². The van der Waals surface area contributed by atoms with Gasteiger partial charge in [-0.05, 0) is 30.7 Å². The van der Waals surface area contributed by atoms with Crippen LogP contribution in [-0.2, 0) is 4.79 Å². The fourth-order valence-corrected chi connectivity index (χ4v) is 2.39.